The van der Waals surface area contributed by atoms with Gasteiger partial charge in [0.05, 0.1) is 5.02 Å². The second-order valence-corrected chi connectivity index (χ2v) is 4.75. The van der Waals surface area contributed by atoms with Gasteiger partial charge in [0.25, 0.3) is 0 Å². The average Bonchev–Trinajstić information content (AvgIpc) is 2.41. The van der Waals surface area contributed by atoms with Crippen LogP contribution in [-0.2, 0) is 6.42 Å². The summed E-state index contributed by atoms with van der Waals surface area (Å²) in [4.78, 5) is 0. The van der Waals surface area contributed by atoms with E-state index >= 15 is 0 Å². The van der Waals surface area contributed by atoms with Crippen molar-refractivity contribution in [1.29, 1.82) is 0 Å². The highest BCUT2D eigenvalue weighted by Crippen LogP contribution is 2.23. The number of likely N-dealkylation sites (N-methyl/N-ethyl adjacent to an activating group) is 1. The van der Waals surface area contributed by atoms with Crippen LogP contribution in [-0.4, -0.2) is 7.05 Å². The van der Waals surface area contributed by atoms with Crippen LogP contribution in [0.4, 0.5) is 8.78 Å². The average molecular weight is 282 g/mol. The molecule has 0 aliphatic carbocycles. The van der Waals surface area contributed by atoms with Crippen LogP contribution in [0.3, 0.4) is 0 Å². The summed E-state index contributed by atoms with van der Waals surface area (Å²) in [5.41, 5.74) is 1.90. The van der Waals surface area contributed by atoms with Crippen molar-refractivity contribution in [2.75, 3.05) is 7.05 Å². The second-order valence-electron chi connectivity index (χ2n) is 4.35. The molecule has 0 saturated carbocycles. The summed E-state index contributed by atoms with van der Waals surface area (Å²) in [5, 5.41) is 3.26. The highest BCUT2D eigenvalue weighted by atomic mass is 35.5. The molecule has 100 valence electrons. The monoisotopic (exact) mass is 281 g/mol. The van der Waals surface area contributed by atoms with Gasteiger partial charge in [-0.2, -0.15) is 0 Å². The number of halogens is 3. The first-order valence-electron chi connectivity index (χ1n) is 5.97. The Morgan fingerprint density at radius 2 is 1.79 bits per heavy atom. The van der Waals surface area contributed by atoms with E-state index in [1.54, 1.807) is 24.3 Å². The molecule has 1 N–H and O–H groups in total. The molecule has 0 aromatic heterocycles. The lowest BCUT2D eigenvalue weighted by Crippen LogP contribution is -2.18. The van der Waals surface area contributed by atoms with Crippen LogP contribution in [0.1, 0.15) is 17.2 Å². The van der Waals surface area contributed by atoms with E-state index in [4.69, 9.17) is 11.6 Å². The topological polar surface area (TPSA) is 12.0 Å². The molecule has 0 spiro atoms. The number of hydrogen-bond acceptors (Lipinski definition) is 1. The van der Waals surface area contributed by atoms with Gasteiger partial charge in [-0.1, -0.05) is 29.8 Å². The minimum absolute atomic E-state index is 0.00330. The molecule has 0 fully saturated rings. The molecule has 2 aromatic rings. The molecule has 0 heterocycles. The van der Waals surface area contributed by atoms with Crippen LogP contribution in [0.2, 0.25) is 5.02 Å². The zero-order valence-corrected chi connectivity index (χ0v) is 11.2. The summed E-state index contributed by atoms with van der Waals surface area (Å²) in [6, 6.07) is 11.0. The third kappa shape index (κ3) is 3.52. The summed E-state index contributed by atoms with van der Waals surface area (Å²) in [6.07, 6.45) is 0.679. The lowest BCUT2D eigenvalue weighted by atomic mass is 9.99. The highest BCUT2D eigenvalue weighted by molar-refractivity contribution is 6.30. The van der Waals surface area contributed by atoms with Crippen LogP contribution >= 0.6 is 11.6 Å². The summed E-state index contributed by atoms with van der Waals surface area (Å²) in [6.45, 7) is 0. The fourth-order valence-electron chi connectivity index (χ4n) is 1.97. The van der Waals surface area contributed by atoms with E-state index in [0.29, 0.717) is 6.42 Å². The summed E-state index contributed by atoms with van der Waals surface area (Å²) in [7, 11) is 1.82. The van der Waals surface area contributed by atoms with Gasteiger partial charge in [0.15, 0.2) is 0 Å². The van der Waals surface area contributed by atoms with Gasteiger partial charge in [0, 0.05) is 6.04 Å². The Hall–Kier alpha value is -1.45. The van der Waals surface area contributed by atoms with Gasteiger partial charge >= 0.3 is 0 Å². The molecule has 2 rings (SSSR count). The van der Waals surface area contributed by atoms with Crippen molar-refractivity contribution in [3.8, 4) is 0 Å². The molecule has 0 radical (unpaired) electrons. The van der Waals surface area contributed by atoms with Gasteiger partial charge in [-0.15, -0.1) is 0 Å². The largest absolute Gasteiger partial charge is 0.313 e. The zero-order valence-electron chi connectivity index (χ0n) is 10.5. The highest BCUT2D eigenvalue weighted by Gasteiger charge is 2.12. The SMILES string of the molecule is CNC(Cc1ccc(F)cc1)c1ccc(F)c(Cl)c1. The molecule has 1 nitrogen and oxygen atoms in total. The quantitative estimate of drug-likeness (QED) is 0.889. The van der Waals surface area contributed by atoms with Gasteiger partial charge in [-0.25, -0.2) is 8.78 Å². The molecule has 0 aliphatic heterocycles. The van der Waals surface area contributed by atoms with Crippen molar-refractivity contribution in [3.63, 3.8) is 0 Å². The number of hydrogen-bond donors (Lipinski definition) is 1. The van der Waals surface area contributed by atoms with Gasteiger partial charge in [0.1, 0.15) is 11.6 Å². The molecular weight excluding hydrogens is 268 g/mol. The van der Waals surface area contributed by atoms with Gasteiger partial charge < -0.3 is 5.32 Å². The minimum Gasteiger partial charge on any atom is -0.313 e. The maximum absolute atomic E-state index is 13.1. The molecule has 0 bridgehead atoms. The molecular formula is C15H14ClF2N. The van der Waals surface area contributed by atoms with Crippen molar-refractivity contribution in [1.82, 2.24) is 5.32 Å². The third-order valence-electron chi connectivity index (χ3n) is 3.05. The fraction of sp³-hybridized carbons (Fsp3) is 0.200. The fourth-order valence-corrected chi connectivity index (χ4v) is 2.16. The van der Waals surface area contributed by atoms with E-state index in [9.17, 15) is 8.78 Å². The molecule has 19 heavy (non-hydrogen) atoms. The van der Waals surface area contributed by atoms with Crippen molar-refractivity contribution in [2.45, 2.75) is 12.5 Å². The Morgan fingerprint density at radius 1 is 1.11 bits per heavy atom. The Morgan fingerprint density at radius 3 is 2.37 bits per heavy atom. The van der Waals surface area contributed by atoms with E-state index in [0.717, 1.165) is 11.1 Å². The molecule has 4 heteroatoms. The summed E-state index contributed by atoms with van der Waals surface area (Å²) in [5.74, 6) is -0.684. The van der Waals surface area contributed by atoms with Crippen LogP contribution < -0.4 is 5.32 Å². The Balaban J connectivity index is 2.19. The van der Waals surface area contributed by atoms with Crippen molar-refractivity contribution in [3.05, 3.63) is 70.2 Å². The Bertz CT molecular complexity index is 555. The lowest BCUT2D eigenvalue weighted by Gasteiger charge is -2.17. The minimum atomic E-state index is -0.429. The lowest BCUT2D eigenvalue weighted by molar-refractivity contribution is 0.583. The predicted molar refractivity (Wildman–Crippen MR) is 73.3 cm³/mol. The van der Waals surface area contributed by atoms with E-state index < -0.39 is 5.82 Å². The Labute approximate surface area is 116 Å². The van der Waals surface area contributed by atoms with E-state index in [1.807, 2.05) is 7.05 Å². The number of benzene rings is 2. The Kier molecular flexibility index (Phi) is 4.51. The van der Waals surface area contributed by atoms with Crippen LogP contribution in [0.15, 0.2) is 42.5 Å². The first kappa shape index (κ1) is 14.0. The second kappa shape index (κ2) is 6.13. The molecule has 1 unspecified atom stereocenters. The van der Waals surface area contributed by atoms with Crippen molar-refractivity contribution < 1.29 is 8.78 Å². The van der Waals surface area contributed by atoms with Crippen LogP contribution in [0.5, 0.6) is 0 Å². The maximum Gasteiger partial charge on any atom is 0.141 e. The van der Waals surface area contributed by atoms with Gasteiger partial charge in [-0.3, -0.25) is 0 Å². The summed E-state index contributed by atoms with van der Waals surface area (Å²) < 4.78 is 26.0. The van der Waals surface area contributed by atoms with Crippen LogP contribution in [0, 0.1) is 11.6 Å². The van der Waals surface area contributed by atoms with Gasteiger partial charge in [0.2, 0.25) is 0 Å². The molecule has 1 atom stereocenters. The van der Waals surface area contributed by atoms with Crippen LogP contribution in [0.25, 0.3) is 0 Å². The predicted octanol–water partition coefficient (Wildman–Crippen LogP) is 4.12. The maximum atomic E-state index is 13.1. The smallest absolute Gasteiger partial charge is 0.141 e. The van der Waals surface area contributed by atoms with Crippen molar-refractivity contribution >= 4 is 11.6 Å². The molecule has 0 saturated heterocycles. The standard InChI is InChI=1S/C15H14ClF2N/c1-19-15(8-10-2-5-12(17)6-3-10)11-4-7-14(18)13(16)9-11/h2-7,9,15,19H,8H2,1H3. The number of rotatable bonds is 4. The van der Waals surface area contributed by atoms with E-state index in [1.165, 1.54) is 18.2 Å². The van der Waals surface area contributed by atoms with Crippen molar-refractivity contribution in [2.24, 2.45) is 0 Å². The first-order valence-corrected chi connectivity index (χ1v) is 6.34. The van der Waals surface area contributed by atoms with Gasteiger partial charge in [-0.05, 0) is 48.9 Å². The molecule has 0 aliphatic rings. The zero-order chi connectivity index (χ0) is 13.8. The molecule has 0 amide bonds. The first-order chi connectivity index (χ1) is 9.10. The number of nitrogens with one attached hydrogen (secondary N) is 1. The van der Waals surface area contributed by atoms with E-state index in [-0.39, 0.29) is 16.9 Å². The normalized spacial score (nSPS) is 12.4. The molecule has 2 aromatic carbocycles. The summed E-state index contributed by atoms with van der Waals surface area (Å²) >= 11 is 5.79. The third-order valence-corrected chi connectivity index (χ3v) is 3.34. The van der Waals surface area contributed by atoms with E-state index in [2.05, 4.69) is 5.32 Å².